The molecule has 0 aliphatic heterocycles. The van der Waals surface area contributed by atoms with Crippen LogP contribution < -0.4 is 0 Å². The van der Waals surface area contributed by atoms with Crippen molar-refractivity contribution in [1.29, 1.82) is 0 Å². The third kappa shape index (κ3) is 6.21. The van der Waals surface area contributed by atoms with Gasteiger partial charge in [-0.25, -0.2) is 0 Å². The Morgan fingerprint density at radius 1 is 1.03 bits per heavy atom. The Bertz CT molecular complexity index is 806. The van der Waals surface area contributed by atoms with E-state index in [0.29, 0.717) is 24.6 Å². The number of rotatable bonds is 9. The van der Waals surface area contributed by atoms with E-state index in [1.165, 1.54) is 5.56 Å². The minimum absolute atomic E-state index is 0.0212. The molecule has 0 atom stereocenters. The van der Waals surface area contributed by atoms with Gasteiger partial charge in [0.05, 0.1) is 6.54 Å². The lowest BCUT2D eigenvalue weighted by Crippen LogP contribution is -2.46. The summed E-state index contributed by atoms with van der Waals surface area (Å²) >= 11 is 0. The first kappa shape index (κ1) is 22.7. The largest absolute Gasteiger partial charge is 0.353 e. The molecule has 158 valence electrons. The summed E-state index contributed by atoms with van der Waals surface area (Å²) in [7, 11) is 1.98. The van der Waals surface area contributed by atoms with Crippen LogP contribution in [0.2, 0.25) is 0 Å². The van der Waals surface area contributed by atoms with Crippen LogP contribution in [0.25, 0.3) is 0 Å². The van der Waals surface area contributed by atoms with Gasteiger partial charge in [-0.05, 0) is 56.0 Å². The molecule has 1 heterocycles. The molecule has 0 spiro atoms. The lowest BCUT2D eigenvalue weighted by molar-refractivity contribution is -0.133. The van der Waals surface area contributed by atoms with Crippen LogP contribution in [0.5, 0.6) is 0 Å². The molecular weight excluding hydrogens is 362 g/mol. The van der Waals surface area contributed by atoms with Gasteiger partial charge >= 0.3 is 0 Å². The number of carbonyl (C=O) groups is 2. The molecule has 5 heteroatoms. The third-order valence-corrected chi connectivity index (χ3v) is 5.14. The van der Waals surface area contributed by atoms with Gasteiger partial charge in [0.1, 0.15) is 6.54 Å². The van der Waals surface area contributed by atoms with Crippen molar-refractivity contribution in [2.24, 2.45) is 13.0 Å². The number of benzene rings is 1. The van der Waals surface area contributed by atoms with Gasteiger partial charge in [-0.3, -0.25) is 9.59 Å². The Kier molecular flexibility index (Phi) is 8.06. The highest BCUT2D eigenvalue weighted by molar-refractivity contribution is 5.96. The van der Waals surface area contributed by atoms with Gasteiger partial charge in [-0.15, -0.1) is 0 Å². The highest BCUT2D eigenvalue weighted by Crippen LogP contribution is 2.14. The van der Waals surface area contributed by atoms with Gasteiger partial charge in [-0.2, -0.15) is 0 Å². The lowest BCUT2D eigenvalue weighted by atomic mass is 10.1. The first-order chi connectivity index (χ1) is 13.7. The number of aromatic nitrogens is 1. The van der Waals surface area contributed by atoms with Crippen LogP contribution in [0.1, 0.15) is 56.2 Å². The highest BCUT2D eigenvalue weighted by Gasteiger charge is 2.25. The molecule has 0 saturated carbocycles. The van der Waals surface area contributed by atoms with Crippen LogP contribution in [-0.4, -0.2) is 45.3 Å². The van der Waals surface area contributed by atoms with E-state index in [9.17, 15) is 9.59 Å². The van der Waals surface area contributed by atoms with Crippen molar-refractivity contribution in [3.8, 4) is 0 Å². The molecule has 0 unspecified atom stereocenters. The molecule has 0 N–H and O–H groups in total. The molecule has 1 aromatic carbocycles. The molecule has 2 amide bonds. The van der Waals surface area contributed by atoms with Crippen LogP contribution in [0, 0.1) is 5.92 Å². The molecule has 0 bridgehead atoms. The average molecular weight is 398 g/mol. The second-order valence-electron chi connectivity index (χ2n) is 8.36. The van der Waals surface area contributed by atoms with Crippen LogP contribution >= 0.6 is 0 Å². The molecule has 0 saturated heterocycles. The monoisotopic (exact) mass is 397 g/mol. The van der Waals surface area contributed by atoms with Crippen molar-refractivity contribution in [2.45, 2.75) is 53.6 Å². The molecular formula is C24H35N3O2. The number of nitrogens with zero attached hydrogens (tertiary/aromatic N) is 3. The minimum Gasteiger partial charge on any atom is -0.353 e. The quantitative estimate of drug-likeness (QED) is 0.639. The maximum Gasteiger partial charge on any atom is 0.254 e. The van der Waals surface area contributed by atoms with E-state index < -0.39 is 0 Å². The second kappa shape index (κ2) is 10.3. The first-order valence-corrected chi connectivity index (χ1v) is 10.5. The molecule has 0 fully saturated rings. The molecule has 2 aromatic rings. The molecule has 5 nitrogen and oxygen atoms in total. The van der Waals surface area contributed by atoms with Gasteiger partial charge in [0, 0.05) is 37.1 Å². The zero-order chi connectivity index (χ0) is 21.6. The van der Waals surface area contributed by atoms with Crippen LogP contribution in [0.15, 0.2) is 42.6 Å². The van der Waals surface area contributed by atoms with Crippen molar-refractivity contribution in [2.75, 3.05) is 13.1 Å². The average Bonchev–Trinajstić information content (AvgIpc) is 3.09. The predicted octanol–water partition coefficient (Wildman–Crippen LogP) is 4.12. The Morgan fingerprint density at radius 2 is 1.69 bits per heavy atom. The molecule has 29 heavy (non-hydrogen) atoms. The fourth-order valence-corrected chi connectivity index (χ4v) is 3.34. The van der Waals surface area contributed by atoms with E-state index in [0.717, 1.165) is 12.1 Å². The summed E-state index contributed by atoms with van der Waals surface area (Å²) in [6.45, 7) is 11.5. The molecule has 0 radical (unpaired) electrons. The fourth-order valence-electron chi connectivity index (χ4n) is 3.34. The topological polar surface area (TPSA) is 45.6 Å². The van der Waals surface area contributed by atoms with Crippen molar-refractivity contribution < 1.29 is 9.59 Å². The van der Waals surface area contributed by atoms with Crippen molar-refractivity contribution in [3.05, 3.63) is 59.4 Å². The van der Waals surface area contributed by atoms with Crippen molar-refractivity contribution in [3.63, 3.8) is 0 Å². The normalized spacial score (nSPS) is 11.2. The third-order valence-electron chi connectivity index (χ3n) is 5.14. The number of amides is 2. The van der Waals surface area contributed by atoms with E-state index in [-0.39, 0.29) is 24.4 Å². The summed E-state index contributed by atoms with van der Waals surface area (Å²) < 4.78 is 2.03. The smallest absolute Gasteiger partial charge is 0.254 e. The van der Waals surface area contributed by atoms with Crippen molar-refractivity contribution >= 4 is 11.8 Å². The summed E-state index contributed by atoms with van der Waals surface area (Å²) in [5.41, 5.74) is 2.90. The number of carbonyl (C=O) groups excluding carboxylic acids is 2. The van der Waals surface area contributed by atoms with Gasteiger partial charge in [-0.1, -0.05) is 32.9 Å². The lowest BCUT2D eigenvalue weighted by Gasteiger charge is -2.31. The zero-order valence-electron chi connectivity index (χ0n) is 18.7. The SMILES string of the molecule is CCc1ccc(C(=O)N(CC(=O)N(Cc2cccn2C)CC(C)C)C(C)C)cc1. The Morgan fingerprint density at radius 3 is 2.17 bits per heavy atom. The van der Waals surface area contributed by atoms with Crippen molar-refractivity contribution in [1.82, 2.24) is 14.4 Å². The summed E-state index contributed by atoms with van der Waals surface area (Å²) in [5, 5.41) is 0. The van der Waals surface area contributed by atoms with E-state index in [1.54, 1.807) is 4.90 Å². The minimum atomic E-state index is -0.0978. The maximum absolute atomic E-state index is 13.2. The van der Waals surface area contributed by atoms with Gasteiger partial charge < -0.3 is 14.4 Å². The summed E-state index contributed by atoms with van der Waals surface area (Å²) in [6.07, 6.45) is 2.92. The number of hydrogen-bond donors (Lipinski definition) is 0. The van der Waals surface area contributed by atoms with E-state index in [4.69, 9.17) is 0 Å². The fraction of sp³-hybridized carbons (Fsp3) is 0.500. The zero-order valence-corrected chi connectivity index (χ0v) is 18.7. The molecule has 1 aromatic heterocycles. The first-order valence-electron chi connectivity index (χ1n) is 10.5. The summed E-state index contributed by atoms with van der Waals surface area (Å²) in [6, 6.07) is 11.6. The Labute approximate surface area is 175 Å². The van der Waals surface area contributed by atoms with Gasteiger partial charge in [0.15, 0.2) is 0 Å². The standard InChI is InChI=1S/C24H35N3O2/c1-7-20-10-12-21(13-11-20)24(29)27(19(4)5)17-23(28)26(15-18(2)3)16-22-9-8-14-25(22)6/h8-14,18-19H,7,15-17H2,1-6H3. The number of aryl methyl sites for hydroxylation is 2. The van der Waals surface area contributed by atoms with Crippen LogP contribution in [-0.2, 0) is 24.8 Å². The van der Waals surface area contributed by atoms with Gasteiger partial charge in [0.2, 0.25) is 5.91 Å². The molecule has 0 aliphatic rings. The molecule has 0 aliphatic carbocycles. The maximum atomic E-state index is 13.2. The Balaban J connectivity index is 2.17. The summed E-state index contributed by atoms with van der Waals surface area (Å²) in [5.74, 6) is 0.232. The Hall–Kier alpha value is -2.56. The highest BCUT2D eigenvalue weighted by atomic mass is 16.2. The van der Waals surface area contributed by atoms with E-state index >= 15 is 0 Å². The van der Waals surface area contributed by atoms with Gasteiger partial charge in [0.25, 0.3) is 5.91 Å². The number of hydrogen-bond acceptors (Lipinski definition) is 2. The van der Waals surface area contributed by atoms with E-state index in [1.807, 2.05) is 73.0 Å². The van der Waals surface area contributed by atoms with Crippen LogP contribution in [0.4, 0.5) is 0 Å². The van der Waals surface area contributed by atoms with E-state index in [2.05, 4.69) is 20.8 Å². The second-order valence-corrected chi connectivity index (χ2v) is 8.36. The predicted molar refractivity (Wildman–Crippen MR) is 118 cm³/mol. The molecule has 2 rings (SSSR count). The van der Waals surface area contributed by atoms with Crippen LogP contribution in [0.3, 0.4) is 0 Å². The summed E-state index contributed by atoms with van der Waals surface area (Å²) in [4.78, 5) is 29.8.